The van der Waals surface area contributed by atoms with Crippen molar-refractivity contribution in [2.24, 2.45) is 5.92 Å². The molecule has 21 heavy (non-hydrogen) atoms. The summed E-state index contributed by atoms with van der Waals surface area (Å²) in [6.45, 7) is 3.24. The number of nitrogens with one attached hydrogen (secondary N) is 1. The predicted octanol–water partition coefficient (Wildman–Crippen LogP) is 1.17. The number of piperidine rings is 1. The normalized spacial score (nSPS) is 17.4. The molecule has 1 saturated heterocycles. The molecule has 112 valence electrons. The van der Waals surface area contributed by atoms with Gasteiger partial charge in [0.05, 0.1) is 10.9 Å². The lowest BCUT2D eigenvalue weighted by Gasteiger charge is -2.30. The molecule has 2 N–H and O–H groups in total. The van der Waals surface area contributed by atoms with Gasteiger partial charge >= 0.3 is 0 Å². The van der Waals surface area contributed by atoms with E-state index in [1.165, 1.54) is 0 Å². The van der Waals surface area contributed by atoms with Crippen molar-refractivity contribution in [2.75, 3.05) is 26.2 Å². The molecule has 1 aliphatic heterocycles. The van der Waals surface area contributed by atoms with Crippen LogP contribution in [0.1, 0.15) is 18.7 Å². The van der Waals surface area contributed by atoms with E-state index in [4.69, 9.17) is 5.11 Å². The molecule has 0 amide bonds. The van der Waals surface area contributed by atoms with Crippen LogP contribution in [0.4, 0.5) is 0 Å². The maximum atomic E-state index is 12.0. The van der Waals surface area contributed by atoms with Crippen LogP contribution in [0.3, 0.4) is 0 Å². The van der Waals surface area contributed by atoms with Crippen molar-refractivity contribution in [1.29, 1.82) is 0 Å². The van der Waals surface area contributed by atoms with Gasteiger partial charge in [0.25, 0.3) is 5.56 Å². The number of aliphatic hydroxyl groups excluding tert-OH is 1. The SMILES string of the molecule is O=c1[nH]c(CCN2CCC(CO)CC2)nc2ccccc12. The average molecular weight is 287 g/mol. The Morgan fingerprint density at radius 1 is 1.29 bits per heavy atom. The van der Waals surface area contributed by atoms with Crippen molar-refractivity contribution in [1.82, 2.24) is 14.9 Å². The number of rotatable bonds is 4. The van der Waals surface area contributed by atoms with Gasteiger partial charge in [0.15, 0.2) is 0 Å². The van der Waals surface area contributed by atoms with Crippen LogP contribution >= 0.6 is 0 Å². The van der Waals surface area contributed by atoms with E-state index >= 15 is 0 Å². The van der Waals surface area contributed by atoms with E-state index in [2.05, 4.69) is 14.9 Å². The molecule has 0 unspecified atom stereocenters. The smallest absolute Gasteiger partial charge is 0.258 e. The number of para-hydroxylation sites is 1. The van der Waals surface area contributed by atoms with Crippen molar-refractivity contribution in [3.63, 3.8) is 0 Å². The Balaban J connectivity index is 1.65. The first kappa shape index (κ1) is 14.2. The zero-order valence-corrected chi connectivity index (χ0v) is 12.1. The molecule has 0 radical (unpaired) electrons. The van der Waals surface area contributed by atoms with Crippen LogP contribution in [0, 0.1) is 5.92 Å². The maximum Gasteiger partial charge on any atom is 0.258 e. The number of nitrogens with zero attached hydrogens (tertiary/aromatic N) is 2. The largest absolute Gasteiger partial charge is 0.396 e. The summed E-state index contributed by atoms with van der Waals surface area (Å²) in [5.41, 5.74) is 0.699. The summed E-state index contributed by atoms with van der Waals surface area (Å²) >= 11 is 0. The van der Waals surface area contributed by atoms with Crippen molar-refractivity contribution in [3.8, 4) is 0 Å². The zero-order chi connectivity index (χ0) is 14.7. The molecule has 5 heteroatoms. The first-order valence-corrected chi connectivity index (χ1v) is 7.57. The van der Waals surface area contributed by atoms with Crippen LogP contribution in [0.5, 0.6) is 0 Å². The molecule has 0 atom stereocenters. The highest BCUT2D eigenvalue weighted by molar-refractivity contribution is 5.77. The minimum absolute atomic E-state index is 0.0606. The summed E-state index contributed by atoms with van der Waals surface area (Å²) in [5, 5.41) is 9.79. The molecular weight excluding hydrogens is 266 g/mol. The summed E-state index contributed by atoms with van der Waals surface area (Å²) in [7, 11) is 0. The third-order valence-electron chi connectivity index (χ3n) is 4.29. The molecule has 1 aromatic carbocycles. The minimum atomic E-state index is -0.0606. The highest BCUT2D eigenvalue weighted by atomic mass is 16.3. The van der Waals surface area contributed by atoms with Gasteiger partial charge in [0.1, 0.15) is 5.82 Å². The minimum Gasteiger partial charge on any atom is -0.396 e. The maximum absolute atomic E-state index is 12.0. The number of likely N-dealkylation sites (tertiary alicyclic amines) is 1. The van der Waals surface area contributed by atoms with E-state index in [0.717, 1.165) is 50.2 Å². The lowest BCUT2D eigenvalue weighted by Crippen LogP contribution is -2.36. The molecule has 0 bridgehead atoms. The Bertz CT molecular complexity index is 660. The van der Waals surface area contributed by atoms with Gasteiger partial charge < -0.3 is 15.0 Å². The summed E-state index contributed by atoms with van der Waals surface area (Å²) in [4.78, 5) is 21.8. The van der Waals surface area contributed by atoms with Gasteiger partial charge in [-0.25, -0.2) is 4.98 Å². The number of aromatic amines is 1. The molecular formula is C16H21N3O2. The number of hydrogen-bond acceptors (Lipinski definition) is 4. The number of aliphatic hydroxyl groups is 1. The first-order valence-electron chi connectivity index (χ1n) is 7.57. The van der Waals surface area contributed by atoms with Gasteiger partial charge in [-0.3, -0.25) is 4.79 Å². The second-order valence-electron chi connectivity index (χ2n) is 5.75. The van der Waals surface area contributed by atoms with Crippen molar-refractivity contribution < 1.29 is 5.11 Å². The second-order valence-corrected chi connectivity index (χ2v) is 5.75. The zero-order valence-electron chi connectivity index (χ0n) is 12.1. The fourth-order valence-corrected chi connectivity index (χ4v) is 2.91. The monoisotopic (exact) mass is 287 g/mol. The van der Waals surface area contributed by atoms with Crippen LogP contribution in [0.25, 0.3) is 10.9 Å². The third-order valence-corrected chi connectivity index (χ3v) is 4.29. The number of hydrogen-bond donors (Lipinski definition) is 2. The van der Waals surface area contributed by atoms with E-state index in [1.807, 2.05) is 18.2 Å². The van der Waals surface area contributed by atoms with Crippen LogP contribution in [-0.2, 0) is 6.42 Å². The lowest BCUT2D eigenvalue weighted by molar-refractivity contribution is 0.132. The van der Waals surface area contributed by atoms with Crippen LogP contribution in [0.15, 0.2) is 29.1 Å². The standard InChI is InChI=1S/C16H21N3O2/c20-11-12-5-8-19(9-6-12)10-7-15-17-14-4-2-1-3-13(14)16(21)18-15/h1-4,12,20H,5-11H2,(H,17,18,21). The second kappa shape index (κ2) is 6.37. The van der Waals surface area contributed by atoms with Crippen molar-refractivity contribution >= 4 is 10.9 Å². The quantitative estimate of drug-likeness (QED) is 0.885. The summed E-state index contributed by atoms with van der Waals surface area (Å²) in [6.07, 6.45) is 2.86. The molecule has 5 nitrogen and oxygen atoms in total. The van der Waals surface area contributed by atoms with Gasteiger partial charge in [-0.1, -0.05) is 12.1 Å². The summed E-state index contributed by atoms with van der Waals surface area (Å²) < 4.78 is 0. The number of aromatic nitrogens is 2. The van der Waals surface area contributed by atoms with E-state index in [0.29, 0.717) is 17.9 Å². The first-order chi connectivity index (χ1) is 10.3. The van der Waals surface area contributed by atoms with E-state index in [9.17, 15) is 4.79 Å². The van der Waals surface area contributed by atoms with Crippen molar-refractivity contribution in [3.05, 3.63) is 40.4 Å². The van der Waals surface area contributed by atoms with E-state index < -0.39 is 0 Å². The van der Waals surface area contributed by atoms with Gasteiger partial charge in [-0.2, -0.15) is 0 Å². The predicted molar refractivity (Wildman–Crippen MR) is 82.3 cm³/mol. The highest BCUT2D eigenvalue weighted by Gasteiger charge is 2.18. The topological polar surface area (TPSA) is 69.2 Å². The molecule has 2 heterocycles. The fourth-order valence-electron chi connectivity index (χ4n) is 2.91. The van der Waals surface area contributed by atoms with E-state index in [-0.39, 0.29) is 5.56 Å². The highest BCUT2D eigenvalue weighted by Crippen LogP contribution is 2.16. The van der Waals surface area contributed by atoms with Crippen LogP contribution in [-0.4, -0.2) is 46.2 Å². The summed E-state index contributed by atoms with van der Waals surface area (Å²) in [5.74, 6) is 1.21. The molecule has 1 aliphatic rings. The number of H-pyrrole nitrogens is 1. The molecule has 2 aromatic rings. The Morgan fingerprint density at radius 2 is 2.05 bits per heavy atom. The molecule has 3 rings (SSSR count). The average Bonchev–Trinajstić information content (AvgIpc) is 2.53. The number of fused-ring (bicyclic) bond motifs is 1. The molecule has 0 aliphatic carbocycles. The van der Waals surface area contributed by atoms with E-state index in [1.54, 1.807) is 6.07 Å². The van der Waals surface area contributed by atoms with Gasteiger partial charge in [-0.15, -0.1) is 0 Å². The molecule has 0 spiro atoms. The Labute approximate surface area is 123 Å². The van der Waals surface area contributed by atoms with Gasteiger partial charge in [0, 0.05) is 19.6 Å². The molecule has 1 aromatic heterocycles. The Hall–Kier alpha value is -1.72. The van der Waals surface area contributed by atoms with Gasteiger partial charge in [-0.05, 0) is 44.0 Å². The lowest BCUT2D eigenvalue weighted by atomic mass is 9.98. The fraction of sp³-hybridized carbons (Fsp3) is 0.500. The Morgan fingerprint density at radius 3 is 2.81 bits per heavy atom. The van der Waals surface area contributed by atoms with Crippen LogP contribution < -0.4 is 5.56 Å². The summed E-state index contributed by atoms with van der Waals surface area (Å²) in [6, 6.07) is 7.42. The Kier molecular flexibility index (Phi) is 4.31. The third kappa shape index (κ3) is 3.31. The number of benzene rings is 1. The van der Waals surface area contributed by atoms with Crippen LogP contribution in [0.2, 0.25) is 0 Å². The molecule has 1 fully saturated rings. The van der Waals surface area contributed by atoms with Gasteiger partial charge in [0.2, 0.25) is 0 Å². The van der Waals surface area contributed by atoms with Crippen molar-refractivity contribution in [2.45, 2.75) is 19.3 Å². The molecule has 0 saturated carbocycles.